The van der Waals surface area contributed by atoms with E-state index >= 15 is 0 Å². The lowest BCUT2D eigenvalue weighted by Gasteiger charge is -2.26. The third kappa shape index (κ3) is 0.725. The first-order chi connectivity index (χ1) is 5.90. The van der Waals surface area contributed by atoms with Crippen LogP contribution in [0.4, 0.5) is 0 Å². The van der Waals surface area contributed by atoms with Crippen molar-refractivity contribution in [2.24, 2.45) is 29.6 Å². The second-order valence-electron chi connectivity index (χ2n) is 4.95. The molecule has 0 amide bonds. The van der Waals surface area contributed by atoms with Gasteiger partial charge in [0.2, 0.25) is 0 Å². The van der Waals surface area contributed by atoms with E-state index in [1.807, 2.05) is 0 Å². The molecular formula is C11H16O. The van der Waals surface area contributed by atoms with E-state index in [-0.39, 0.29) is 0 Å². The number of rotatable bonds is 1. The number of hydrogen-bond acceptors (Lipinski definition) is 1. The number of carbonyl (C=O) groups excluding carboxylic acids is 1. The molecule has 3 saturated carbocycles. The molecule has 0 spiro atoms. The van der Waals surface area contributed by atoms with Gasteiger partial charge in [0.25, 0.3) is 0 Å². The van der Waals surface area contributed by atoms with Crippen molar-refractivity contribution in [3.05, 3.63) is 0 Å². The molecule has 0 aliphatic heterocycles. The van der Waals surface area contributed by atoms with Crippen molar-refractivity contribution in [3.63, 3.8) is 0 Å². The quantitative estimate of drug-likeness (QED) is 0.543. The van der Waals surface area contributed by atoms with Gasteiger partial charge in [-0.2, -0.15) is 0 Å². The van der Waals surface area contributed by atoms with E-state index in [9.17, 15) is 4.79 Å². The summed E-state index contributed by atoms with van der Waals surface area (Å²) in [6, 6.07) is 0. The van der Waals surface area contributed by atoms with Crippen molar-refractivity contribution in [3.8, 4) is 0 Å². The van der Waals surface area contributed by atoms with Crippen molar-refractivity contribution in [2.75, 3.05) is 0 Å². The normalized spacial score (nSPS) is 55.8. The number of carbonyl (C=O) groups is 1. The van der Waals surface area contributed by atoms with Crippen LogP contribution in [0.1, 0.15) is 32.1 Å². The Balaban J connectivity index is 1.89. The zero-order valence-corrected chi connectivity index (χ0v) is 7.41. The van der Waals surface area contributed by atoms with Gasteiger partial charge in [-0.3, -0.25) is 0 Å². The van der Waals surface area contributed by atoms with Crippen LogP contribution in [0.5, 0.6) is 0 Å². The summed E-state index contributed by atoms with van der Waals surface area (Å²) in [5.41, 5.74) is 0. The first kappa shape index (κ1) is 7.11. The zero-order valence-electron chi connectivity index (χ0n) is 7.41. The second-order valence-corrected chi connectivity index (χ2v) is 4.95. The van der Waals surface area contributed by atoms with Gasteiger partial charge >= 0.3 is 0 Å². The molecular weight excluding hydrogens is 148 g/mol. The Morgan fingerprint density at radius 2 is 1.83 bits per heavy atom. The molecule has 0 heterocycles. The van der Waals surface area contributed by atoms with Crippen molar-refractivity contribution in [1.82, 2.24) is 0 Å². The summed E-state index contributed by atoms with van der Waals surface area (Å²) in [7, 11) is 0. The van der Waals surface area contributed by atoms with Gasteiger partial charge in [0, 0.05) is 5.92 Å². The highest BCUT2D eigenvalue weighted by Gasteiger charge is 2.52. The molecule has 0 aromatic heterocycles. The van der Waals surface area contributed by atoms with E-state index < -0.39 is 0 Å². The standard InChI is InChI=1S/C11H16O/c12-6-9-3-4-10-7-1-2-8(5-7)11(9)10/h6-11H,1-5H2/t7-,8-,9-,10+,11-/m0/s1. The largest absolute Gasteiger partial charge is 0.303 e. The number of hydrogen-bond donors (Lipinski definition) is 0. The van der Waals surface area contributed by atoms with E-state index in [4.69, 9.17) is 0 Å². The van der Waals surface area contributed by atoms with Crippen LogP contribution in [-0.2, 0) is 4.79 Å². The van der Waals surface area contributed by atoms with Gasteiger partial charge in [0.1, 0.15) is 6.29 Å². The average molecular weight is 164 g/mol. The summed E-state index contributed by atoms with van der Waals surface area (Å²) in [5.74, 6) is 4.19. The molecule has 0 N–H and O–H groups in total. The van der Waals surface area contributed by atoms with Gasteiger partial charge in [-0.05, 0) is 55.8 Å². The number of fused-ring (bicyclic) bond motifs is 5. The van der Waals surface area contributed by atoms with Crippen molar-refractivity contribution >= 4 is 6.29 Å². The molecule has 0 radical (unpaired) electrons. The Morgan fingerprint density at radius 1 is 1.00 bits per heavy atom. The van der Waals surface area contributed by atoms with Crippen LogP contribution in [0.2, 0.25) is 0 Å². The molecule has 1 nitrogen and oxygen atoms in total. The lowest BCUT2D eigenvalue weighted by Crippen LogP contribution is -2.22. The molecule has 12 heavy (non-hydrogen) atoms. The molecule has 66 valence electrons. The van der Waals surface area contributed by atoms with Gasteiger partial charge in [-0.1, -0.05) is 0 Å². The second kappa shape index (κ2) is 2.34. The van der Waals surface area contributed by atoms with Gasteiger partial charge in [0.15, 0.2) is 0 Å². The topological polar surface area (TPSA) is 17.1 Å². The monoisotopic (exact) mass is 164 g/mol. The molecule has 0 saturated heterocycles. The molecule has 3 fully saturated rings. The van der Waals surface area contributed by atoms with Crippen LogP contribution in [-0.4, -0.2) is 6.29 Å². The predicted octanol–water partition coefficient (Wildman–Crippen LogP) is 2.26. The fraction of sp³-hybridized carbons (Fsp3) is 0.909. The van der Waals surface area contributed by atoms with E-state index in [2.05, 4.69) is 0 Å². The molecule has 0 aromatic rings. The summed E-state index contributed by atoms with van der Waals surface area (Å²) in [6.07, 6.45) is 8.15. The lowest BCUT2D eigenvalue weighted by atomic mass is 9.78. The molecule has 3 aliphatic carbocycles. The summed E-state index contributed by atoms with van der Waals surface area (Å²) in [4.78, 5) is 10.8. The van der Waals surface area contributed by atoms with Gasteiger partial charge < -0.3 is 4.79 Å². The Hall–Kier alpha value is -0.330. The van der Waals surface area contributed by atoms with Crippen LogP contribution in [0.15, 0.2) is 0 Å². The van der Waals surface area contributed by atoms with Crippen LogP contribution < -0.4 is 0 Å². The Bertz CT molecular complexity index is 211. The number of aldehydes is 1. The zero-order chi connectivity index (χ0) is 8.13. The fourth-order valence-electron chi connectivity index (χ4n) is 4.29. The predicted molar refractivity (Wildman–Crippen MR) is 46.6 cm³/mol. The SMILES string of the molecule is O=C[C@@H]1CC[C@@H]2[C@H]3CC[C@@H](C3)[C@H]21. The summed E-state index contributed by atoms with van der Waals surface area (Å²) in [6.45, 7) is 0. The first-order valence-electron chi connectivity index (χ1n) is 5.35. The average Bonchev–Trinajstić information content (AvgIpc) is 2.76. The van der Waals surface area contributed by atoms with Crippen molar-refractivity contribution < 1.29 is 4.79 Å². The van der Waals surface area contributed by atoms with Crippen LogP contribution in [0, 0.1) is 29.6 Å². The lowest BCUT2D eigenvalue weighted by molar-refractivity contribution is -0.112. The smallest absolute Gasteiger partial charge is 0.123 e. The molecule has 1 heteroatoms. The summed E-state index contributed by atoms with van der Waals surface area (Å²) in [5, 5.41) is 0. The van der Waals surface area contributed by atoms with Crippen LogP contribution in [0.25, 0.3) is 0 Å². The van der Waals surface area contributed by atoms with Crippen LogP contribution >= 0.6 is 0 Å². The van der Waals surface area contributed by atoms with E-state index in [0.717, 1.165) is 23.7 Å². The Morgan fingerprint density at radius 3 is 2.67 bits per heavy atom. The minimum absolute atomic E-state index is 0.449. The molecule has 0 aromatic carbocycles. The van der Waals surface area contributed by atoms with Gasteiger partial charge in [-0.15, -0.1) is 0 Å². The maximum absolute atomic E-state index is 10.8. The van der Waals surface area contributed by atoms with Gasteiger partial charge in [-0.25, -0.2) is 0 Å². The highest BCUT2D eigenvalue weighted by Crippen LogP contribution is 2.60. The molecule has 2 bridgehead atoms. The summed E-state index contributed by atoms with van der Waals surface area (Å²) < 4.78 is 0. The fourth-order valence-corrected chi connectivity index (χ4v) is 4.29. The minimum Gasteiger partial charge on any atom is -0.303 e. The highest BCUT2D eigenvalue weighted by atomic mass is 16.1. The summed E-state index contributed by atoms with van der Waals surface area (Å²) >= 11 is 0. The van der Waals surface area contributed by atoms with E-state index in [0.29, 0.717) is 5.92 Å². The molecule has 5 atom stereocenters. The molecule has 0 unspecified atom stereocenters. The molecule has 3 rings (SSSR count). The Labute approximate surface area is 73.5 Å². The third-order valence-electron chi connectivity index (χ3n) is 4.66. The minimum atomic E-state index is 0.449. The Kier molecular flexibility index (Phi) is 1.38. The first-order valence-corrected chi connectivity index (χ1v) is 5.35. The van der Waals surface area contributed by atoms with Crippen molar-refractivity contribution in [1.29, 1.82) is 0 Å². The van der Waals surface area contributed by atoms with E-state index in [1.165, 1.54) is 38.4 Å². The van der Waals surface area contributed by atoms with Crippen LogP contribution in [0.3, 0.4) is 0 Å². The van der Waals surface area contributed by atoms with E-state index in [1.54, 1.807) is 0 Å². The highest BCUT2D eigenvalue weighted by molar-refractivity contribution is 5.55. The maximum Gasteiger partial charge on any atom is 0.123 e. The van der Waals surface area contributed by atoms with Gasteiger partial charge in [0.05, 0.1) is 0 Å². The van der Waals surface area contributed by atoms with Crippen molar-refractivity contribution in [2.45, 2.75) is 32.1 Å². The third-order valence-corrected chi connectivity index (χ3v) is 4.66. The maximum atomic E-state index is 10.8. The molecule has 3 aliphatic rings.